The zero-order valence-electron chi connectivity index (χ0n) is 10.3. The van der Waals surface area contributed by atoms with Crippen LogP contribution in [0.4, 0.5) is 5.69 Å². The molecule has 0 spiro atoms. The molecule has 1 fully saturated rings. The molecule has 20 heavy (non-hydrogen) atoms. The normalized spacial score (nSPS) is 14.2. The van der Waals surface area contributed by atoms with Crippen LogP contribution in [0.5, 0.6) is 0 Å². The molecular formula is C13H10ClN3O3. The SMILES string of the molecule is O=Cc1c(C2CC2)nn(-c2cccc([N+](=O)[O-])c2)c1Cl. The van der Waals surface area contributed by atoms with Crippen molar-refractivity contribution in [1.82, 2.24) is 9.78 Å². The van der Waals surface area contributed by atoms with Crippen LogP contribution in [0.1, 0.15) is 34.8 Å². The second kappa shape index (κ2) is 4.72. The third-order valence-corrected chi connectivity index (χ3v) is 3.62. The molecule has 0 bridgehead atoms. The minimum Gasteiger partial charge on any atom is -0.298 e. The molecule has 0 saturated heterocycles. The predicted molar refractivity (Wildman–Crippen MR) is 72.6 cm³/mol. The van der Waals surface area contributed by atoms with Gasteiger partial charge in [-0.05, 0) is 18.9 Å². The second-order valence-corrected chi connectivity index (χ2v) is 5.03. The van der Waals surface area contributed by atoms with E-state index in [-0.39, 0.29) is 16.8 Å². The Kier molecular flexibility index (Phi) is 3.02. The van der Waals surface area contributed by atoms with Crippen LogP contribution in [-0.4, -0.2) is 21.0 Å². The number of benzene rings is 1. The maximum Gasteiger partial charge on any atom is 0.271 e. The molecule has 1 saturated carbocycles. The van der Waals surface area contributed by atoms with E-state index in [2.05, 4.69) is 5.10 Å². The first-order valence-corrected chi connectivity index (χ1v) is 6.48. The first kappa shape index (κ1) is 12.8. The highest BCUT2D eigenvalue weighted by Crippen LogP contribution is 2.42. The zero-order valence-corrected chi connectivity index (χ0v) is 11.1. The number of hydrogen-bond donors (Lipinski definition) is 0. The van der Waals surface area contributed by atoms with Crippen LogP contribution in [0, 0.1) is 10.1 Å². The molecule has 0 aliphatic heterocycles. The largest absolute Gasteiger partial charge is 0.298 e. The summed E-state index contributed by atoms with van der Waals surface area (Å²) >= 11 is 6.17. The van der Waals surface area contributed by atoms with E-state index in [4.69, 9.17) is 11.6 Å². The smallest absolute Gasteiger partial charge is 0.271 e. The number of non-ortho nitro benzene ring substituents is 1. The molecule has 6 nitrogen and oxygen atoms in total. The van der Waals surface area contributed by atoms with E-state index < -0.39 is 4.92 Å². The Bertz CT molecular complexity index is 707. The number of rotatable bonds is 4. The van der Waals surface area contributed by atoms with Crippen molar-refractivity contribution in [3.63, 3.8) is 0 Å². The standard InChI is InChI=1S/C13H10ClN3O3/c14-13-11(7-18)12(8-4-5-8)15-16(13)9-2-1-3-10(6-9)17(19)20/h1-3,6-8H,4-5H2. The Labute approximate surface area is 119 Å². The summed E-state index contributed by atoms with van der Waals surface area (Å²) in [6.45, 7) is 0. The monoisotopic (exact) mass is 291 g/mol. The summed E-state index contributed by atoms with van der Waals surface area (Å²) in [6.07, 6.45) is 2.67. The third kappa shape index (κ3) is 2.08. The highest BCUT2D eigenvalue weighted by Gasteiger charge is 2.31. The first-order valence-electron chi connectivity index (χ1n) is 6.10. The molecule has 1 aromatic carbocycles. The molecule has 1 aliphatic rings. The Morgan fingerprint density at radius 2 is 2.20 bits per heavy atom. The van der Waals surface area contributed by atoms with Gasteiger partial charge in [0.25, 0.3) is 5.69 Å². The van der Waals surface area contributed by atoms with Crippen molar-refractivity contribution < 1.29 is 9.72 Å². The average molecular weight is 292 g/mol. The van der Waals surface area contributed by atoms with Crippen molar-refractivity contribution >= 4 is 23.6 Å². The van der Waals surface area contributed by atoms with E-state index in [0.29, 0.717) is 23.2 Å². The van der Waals surface area contributed by atoms with Crippen molar-refractivity contribution in [2.75, 3.05) is 0 Å². The lowest BCUT2D eigenvalue weighted by molar-refractivity contribution is -0.384. The van der Waals surface area contributed by atoms with Crippen LogP contribution < -0.4 is 0 Å². The molecule has 3 rings (SSSR count). The number of hydrogen-bond acceptors (Lipinski definition) is 4. The van der Waals surface area contributed by atoms with Gasteiger partial charge < -0.3 is 0 Å². The number of nitro groups is 1. The van der Waals surface area contributed by atoms with Crippen molar-refractivity contribution in [1.29, 1.82) is 0 Å². The van der Waals surface area contributed by atoms with Gasteiger partial charge in [0.1, 0.15) is 5.15 Å². The number of nitrogens with zero attached hydrogens (tertiary/aromatic N) is 3. The fourth-order valence-corrected chi connectivity index (χ4v) is 2.38. The van der Waals surface area contributed by atoms with Crippen LogP contribution in [0.3, 0.4) is 0 Å². The summed E-state index contributed by atoms with van der Waals surface area (Å²) < 4.78 is 1.38. The first-order chi connectivity index (χ1) is 9.61. The average Bonchev–Trinajstić information content (AvgIpc) is 3.23. The minimum atomic E-state index is -0.483. The van der Waals surface area contributed by atoms with Gasteiger partial charge in [0.2, 0.25) is 0 Å². The minimum absolute atomic E-state index is 0.0466. The van der Waals surface area contributed by atoms with Crippen molar-refractivity contribution in [2.45, 2.75) is 18.8 Å². The molecule has 1 aliphatic carbocycles. The molecule has 0 N–H and O–H groups in total. The van der Waals surface area contributed by atoms with Gasteiger partial charge in [-0.1, -0.05) is 17.7 Å². The van der Waals surface area contributed by atoms with Crippen molar-refractivity contribution in [3.8, 4) is 5.69 Å². The van der Waals surface area contributed by atoms with Crippen LogP contribution in [0.2, 0.25) is 5.15 Å². The predicted octanol–water partition coefficient (Wildman–Crippen LogP) is 3.12. The Hall–Kier alpha value is -2.21. The summed E-state index contributed by atoms with van der Waals surface area (Å²) in [5.74, 6) is 0.271. The van der Waals surface area contributed by atoms with E-state index in [0.717, 1.165) is 12.8 Å². The van der Waals surface area contributed by atoms with Crippen LogP contribution in [-0.2, 0) is 0 Å². The van der Waals surface area contributed by atoms with Gasteiger partial charge in [-0.25, -0.2) is 4.68 Å². The summed E-state index contributed by atoms with van der Waals surface area (Å²) in [4.78, 5) is 21.5. The van der Waals surface area contributed by atoms with Gasteiger partial charge in [-0.3, -0.25) is 14.9 Å². The van der Waals surface area contributed by atoms with Gasteiger partial charge in [-0.15, -0.1) is 0 Å². The highest BCUT2D eigenvalue weighted by molar-refractivity contribution is 6.32. The number of carbonyl (C=O) groups is 1. The van der Waals surface area contributed by atoms with Crippen LogP contribution in [0.15, 0.2) is 24.3 Å². The number of aromatic nitrogens is 2. The number of aldehydes is 1. The van der Waals surface area contributed by atoms with Crippen molar-refractivity contribution in [3.05, 3.63) is 50.8 Å². The van der Waals surface area contributed by atoms with Gasteiger partial charge in [0, 0.05) is 18.1 Å². The Morgan fingerprint density at radius 3 is 2.80 bits per heavy atom. The van der Waals surface area contributed by atoms with Crippen LogP contribution >= 0.6 is 11.6 Å². The molecule has 2 aromatic rings. The molecule has 0 radical (unpaired) electrons. The Balaban J connectivity index is 2.12. The maximum atomic E-state index is 11.2. The summed E-state index contributed by atoms with van der Waals surface area (Å²) in [5, 5.41) is 15.3. The molecule has 1 heterocycles. The summed E-state index contributed by atoms with van der Waals surface area (Å²) in [6, 6.07) is 5.99. The number of nitro benzene ring substituents is 1. The van der Waals surface area contributed by atoms with E-state index in [9.17, 15) is 14.9 Å². The maximum absolute atomic E-state index is 11.2. The van der Waals surface area contributed by atoms with Crippen molar-refractivity contribution in [2.24, 2.45) is 0 Å². The molecule has 0 amide bonds. The lowest BCUT2D eigenvalue weighted by Crippen LogP contribution is -1.98. The quantitative estimate of drug-likeness (QED) is 0.492. The zero-order chi connectivity index (χ0) is 14.3. The molecule has 7 heteroatoms. The fraction of sp³-hybridized carbons (Fsp3) is 0.231. The van der Waals surface area contributed by atoms with Gasteiger partial charge in [0.05, 0.1) is 21.9 Å². The Morgan fingerprint density at radius 1 is 1.45 bits per heavy atom. The lowest BCUT2D eigenvalue weighted by Gasteiger charge is -2.02. The summed E-state index contributed by atoms with van der Waals surface area (Å²) in [7, 11) is 0. The van der Waals surface area contributed by atoms with E-state index in [1.165, 1.54) is 16.8 Å². The topological polar surface area (TPSA) is 78.0 Å². The number of halogens is 1. The van der Waals surface area contributed by atoms with Gasteiger partial charge in [-0.2, -0.15) is 5.10 Å². The number of carbonyl (C=O) groups excluding carboxylic acids is 1. The lowest BCUT2D eigenvalue weighted by atomic mass is 10.2. The molecule has 0 atom stereocenters. The van der Waals surface area contributed by atoms with E-state index in [1.807, 2.05) is 0 Å². The van der Waals surface area contributed by atoms with Crippen LogP contribution in [0.25, 0.3) is 5.69 Å². The van der Waals surface area contributed by atoms with Gasteiger partial charge in [0.15, 0.2) is 6.29 Å². The van der Waals surface area contributed by atoms with E-state index >= 15 is 0 Å². The van der Waals surface area contributed by atoms with Gasteiger partial charge >= 0.3 is 0 Å². The molecule has 102 valence electrons. The molecule has 0 unspecified atom stereocenters. The summed E-state index contributed by atoms with van der Waals surface area (Å²) in [5.41, 5.74) is 1.48. The molecule has 1 aromatic heterocycles. The second-order valence-electron chi connectivity index (χ2n) is 4.67. The fourth-order valence-electron chi connectivity index (χ4n) is 2.10. The molecular weight excluding hydrogens is 282 g/mol. The highest BCUT2D eigenvalue weighted by atomic mass is 35.5. The third-order valence-electron chi connectivity index (χ3n) is 3.26. The van der Waals surface area contributed by atoms with E-state index in [1.54, 1.807) is 12.1 Å².